The highest BCUT2D eigenvalue weighted by Gasteiger charge is 1.99. The van der Waals surface area contributed by atoms with Crippen molar-refractivity contribution in [3.05, 3.63) is 37.0 Å². The lowest BCUT2D eigenvalue weighted by atomic mass is 10.2. The van der Waals surface area contributed by atoms with Crippen LogP contribution in [0.4, 0.5) is 0 Å². The van der Waals surface area contributed by atoms with Gasteiger partial charge >= 0.3 is 17.9 Å². The summed E-state index contributed by atoms with van der Waals surface area (Å²) in [4.78, 5) is 31.0. The third-order valence-corrected chi connectivity index (χ3v) is 1.55. The number of allylic oxidation sites excluding steroid dienone is 1. The summed E-state index contributed by atoms with van der Waals surface area (Å²) in [6.07, 6.45) is 4.52. The summed E-state index contributed by atoms with van der Waals surface area (Å²) in [5.74, 6) is -1.77. The molecule has 0 aliphatic carbocycles. The molecule has 0 aliphatic rings. The van der Waals surface area contributed by atoms with E-state index in [1.165, 1.54) is 7.11 Å². The standard InChI is InChI=1S/C7H12O2.C6H6O3/c1-4-5-6(2)7(8)9-3;1-3-5(7)9-6(8)4-2/h5H,4H2,1-3H3;3-4H,1-2H2. The summed E-state index contributed by atoms with van der Waals surface area (Å²) in [6, 6.07) is 0. The number of rotatable bonds is 4. The lowest BCUT2D eigenvalue weighted by Gasteiger charge is -1.95. The first-order valence-electron chi connectivity index (χ1n) is 5.18. The fourth-order valence-corrected chi connectivity index (χ4v) is 0.733. The van der Waals surface area contributed by atoms with Gasteiger partial charge in [-0.25, -0.2) is 14.4 Å². The van der Waals surface area contributed by atoms with Gasteiger partial charge in [0.2, 0.25) is 0 Å². The predicted octanol–water partition coefficient (Wildman–Crippen LogP) is 1.94. The van der Waals surface area contributed by atoms with E-state index in [2.05, 4.69) is 22.6 Å². The van der Waals surface area contributed by atoms with Gasteiger partial charge in [0.15, 0.2) is 0 Å². The Labute approximate surface area is 107 Å². The average Bonchev–Trinajstić information content (AvgIpc) is 2.38. The van der Waals surface area contributed by atoms with Crippen molar-refractivity contribution < 1.29 is 23.9 Å². The maximum Gasteiger partial charge on any atom is 0.338 e. The Morgan fingerprint density at radius 1 is 1.11 bits per heavy atom. The van der Waals surface area contributed by atoms with Crippen LogP contribution < -0.4 is 0 Å². The van der Waals surface area contributed by atoms with Gasteiger partial charge in [0, 0.05) is 17.7 Å². The van der Waals surface area contributed by atoms with Crippen LogP contribution >= 0.6 is 0 Å². The van der Waals surface area contributed by atoms with Crippen molar-refractivity contribution in [2.24, 2.45) is 0 Å². The summed E-state index contributed by atoms with van der Waals surface area (Å²) in [5.41, 5.74) is 0.681. The highest BCUT2D eigenvalue weighted by molar-refractivity contribution is 5.95. The fraction of sp³-hybridized carbons (Fsp3) is 0.308. The summed E-state index contributed by atoms with van der Waals surface area (Å²) in [6.45, 7) is 9.90. The molecule has 0 atom stereocenters. The molecule has 0 saturated heterocycles. The molecule has 0 aromatic carbocycles. The minimum Gasteiger partial charge on any atom is -0.466 e. The van der Waals surface area contributed by atoms with Crippen molar-refractivity contribution in [3.8, 4) is 0 Å². The number of ether oxygens (including phenoxy) is 2. The quantitative estimate of drug-likeness (QED) is 0.435. The SMILES string of the molecule is C=CC(=O)OC(=O)C=C.CCC=C(C)C(=O)OC. The summed E-state index contributed by atoms with van der Waals surface area (Å²) >= 11 is 0. The molecule has 0 amide bonds. The normalized spacial score (nSPS) is 9.39. The topological polar surface area (TPSA) is 69.7 Å². The van der Waals surface area contributed by atoms with Crippen LogP contribution in [-0.4, -0.2) is 25.0 Å². The molecule has 0 aromatic rings. The van der Waals surface area contributed by atoms with Crippen molar-refractivity contribution >= 4 is 17.9 Å². The maximum atomic E-state index is 10.6. The molecule has 0 N–H and O–H groups in total. The molecule has 0 spiro atoms. The molecule has 0 radical (unpaired) electrons. The molecular weight excluding hydrogens is 236 g/mol. The number of hydrogen-bond donors (Lipinski definition) is 0. The molecule has 0 fully saturated rings. The Morgan fingerprint density at radius 3 is 1.83 bits per heavy atom. The largest absolute Gasteiger partial charge is 0.466 e. The van der Waals surface area contributed by atoms with Crippen LogP contribution in [0.2, 0.25) is 0 Å². The molecule has 0 heterocycles. The molecule has 5 nitrogen and oxygen atoms in total. The molecule has 5 heteroatoms. The minimum atomic E-state index is -0.764. The average molecular weight is 254 g/mol. The van der Waals surface area contributed by atoms with E-state index in [-0.39, 0.29) is 5.97 Å². The van der Waals surface area contributed by atoms with Crippen LogP contribution in [0.5, 0.6) is 0 Å². The molecule has 0 rings (SSSR count). The Kier molecular flexibility index (Phi) is 11.4. The van der Waals surface area contributed by atoms with Crippen LogP contribution in [0.1, 0.15) is 20.3 Å². The third kappa shape index (κ3) is 10.4. The van der Waals surface area contributed by atoms with E-state index in [1.54, 1.807) is 6.92 Å². The van der Waals surface area contributed by atoms with Gasteiger partial charge in [-0.05, 0) is 13.3 Å². The molecule has 100 valence electrons. The second-order valence-corrected chi connectivity index (χ2v) is 2.94. The van der Waals surface area contributed by atoms with E-state index in [1.807, 2.05) is 13.0 Å². The first-order chi connectivity index (χ1) is 8.42. The van der Waals surface area contributed by atoms with E-state index >= 15 is 0 Å². The first-order valence-corrected chi connectivity index (χ1v) is 5.18. The Bertz CT molecular complexity index is 334. The second kappa shape index (κ2) is 11.3. The zero-order valence-electron chi connectivity index (χ0n) is 10.9. The van der Waals surface area contributed by atoms with Gasteiger partial charge in [-0.2, -0.15) is 0 Å². The predicted molar refractivity (Wildman–Crippen MR) is 67.6 cm³/mol. The van der Waals surface area contributed by atoms with Crippen LogP contribution in [0.15, 0.2) is 37.0 Å². The second-order valence-electron chi connectivity index (χ2n) is 2.94. The molecule has 0 aliphatic heterocycles. The number of esters is 3. The summed E-state index contributed by atoms with van der Waals surface area (Å²) < 4.78 is 8.49. The third-order valence-electron chi connectivity index (χ3n) is 1.55. The highest BCUT2D eigenvalue weighted by Crippen LogP contribution is 1.96. The van der Waals surface area contributed by atoms with Gasteiger partial charge in [-0.15, -0.1) is 0 Å². The number of carbonyl (C=O) groups is 3. The van der Waals surface area contributed by atoms with Crippen molar-refractivity contribution in [1.82, 2.24) is 0 Å². The van der Waals surface area contributed by atoms with Gasteiger partial charge in [0.05, 0.1) is 7.11 Å². The lowest BCUT2D eigenvalue weighted by molar-refractivity contribution is -0.152. The van der Waals surface area contributed by atoms with Crippen molar-refractivity contribution in [2.45, 2.75) is 20.3 Å². The zero-order valence-corrected chi connectivity index (χ0v) is 10.9. The smallest absolute Gasteiger partial charge is 0.338 e. The summed E-state index contributed by atoms with van der Waals surface area (Å²) in [7, 11) is 1.38. The van der Waals surface area contributed by atoms with Gasteiger partial charge in [-0.3, -0.25) is 0 Å². The number of methoxy groups -OCH3 is 1. The van der Waals surface area contributed by atoms with Crippen LogP contribution in [0.3, 0.4) is 0 Å². The van der Waals surface area contributed by atoms with E-state index in [0.717, 1.165) is 18.6 Å². The van der Waals surface area contributed by atoms with Crippen molar-refractivity contribution in [1.29, 1.82) is 0 Å². The molecular formula is C13H18O5. The molecule has 0 aromatic heterocycles. The Balaban J connectivity index is 0. The molecule has 0 saturated carbocycles. The Morgan fingerprint density at radius 2 is 1.56 bits per heavy atom. The Hall–Kier alpha value is -2.17. The molecule has 18 heavy (non-hydrogen) atoms. The maximum absolute atomic E-state index is 10.6. The molecule has 0 unspecified atom stereocenters. The van der Waals surface area contributed by atoms with E-state index in [4.69, 9.17) is 0 Å². The van der Waals surface area contributed by atoms with E-state index in [9.17, 15) is 14.4 Å². The lowest BCUT2D eigenvalue weighted by Crippen LogP contribution is -2.05. The van der Waals surface area contributed by atoms with E-state index < -0.39 is 11.9 Å². The van der Waals surface area contributed by atoms with Crippen molar-refractivity contribution in [2.75, 3.05) is 7.11 Å². The van der Waals surface area contributed by atoms with Crippen molar-refractivity contribution in [3.63, 3.8) is 0 Å². The fourth-order valence-electron chi connectivity index (χ4n) is 0.733. The van der Waals surface area contributed by atoms with Crippen LogP contribution in [0, 0.1) is 0 Å². The minimum absolute atomic E-state index is 0.239. The number of carbonyl (C=O) groups excluding carboxylic acids is 3. The van der Waals surface area contributed by atoms with Gasteiger partial charge in [0.25, 0.3) is 0 Å². The van der Waals surface area contributed by atoms with E-state index in [0.29, 0.717) is 5.57 Å². The van der Waals surface area contributed by atoms with Gasteiger partial charge in [-0.1, -0.05) is 26.2 Å². The monoisotopic (exact) mass is 254 g/mol. The van der Waals surface area contributed by atoms with Gasteiger partial charge in [0.1, 0.15) is 0 Å². The molecule has 0 bridgehead atoms. The van der Waals surface area contributed by atoms with Gasteiger partial charge < -0.3 is 9.47 Å². The summed E-state index contributed by atoms with van der Waals surface area (Å²) in [5, 5.41) is 0. The first kappa shape index (κ1) is 18.2. The highest BCUT2D eigenvalue weighted by atomic mass is 16.6. The number of hydrogen-bond acceptors (Lipinski definition) is 5. The van der Waals surface area contributed by atoms with Crippen LogP contribution in [-0.2, 0) is 23.9 Å². The van der Waals surface area contributed by atoms with Crippen LogP contribution in [0.25, 0.3) is 0 Å². The zero-order chi connectivity index (χ0) is 14.6.